The Bertz CT molecular complexity index is 1090. The van der Waals surface area contributed by atoms with Gasteiger partial charge in [-0.15, -0.1) is 0 Å². The summed E-state index contributed by atoms with van der Waals surface area (Å²) >= 11 is 0. The molecule has 0 aromatic heterocycles. The summed E-state index contributed by atoms with van der Waals surface area (Å²) < 4.78 is 0. The molecule has 0 bridgehead atoms. The number of nitrogens with one attached hydrogen (secondary N) is 1. The molecule has 35 heavy (non-hydrogen) atoms. The van der Waals surface area contributed by atoms with E-state index in [0.717, 1.165) is 28.7 Å². The second-order valence-electron chi connectivity index (χ2n) is 9.52. The summed E-state index contributed by atoms with van der Waals surface area (Å²) in [7, 11) is 0. The normalized spacial score (nSPS) is 12.6. The molecule has 4 nitrogen and oxygen atoms in total. The molecule has 0 fully saturated rings. The van der Waals surface area contributed by atoms with Gasteiger partial charge < -0.3 is 10.2 Å². The van der Waals surface area contributed by atoms with Crippen LogP contribution in [0.1, 0.15) is 54.5 Å². The van der Waals surface area contributed by atoms with Gasteiger partial charge in [0.25, 0.3) is 0 Å². The molecule has 1 N–H and O–H groups in total. The maximum absolute atomic E-state index is 13.7. The molecular weight excluding hydrogens is 432 g/mol. The maximum atomic E-state index is 13.7. The minimum atomic E-state index is -0.586. The third-order valence-electron chi connectivity index (χ3n) is 6.46. The zero-order chi connectivity index (χ0) is 25.2. The molecule has 0 aliphatic carbocycles. The summed E-state index contributed by atoms with van der Waals surface area (Å²) in [6.45, 7) is 8.56. The van der Waals surface area contributed by atoms with E-state index in [9.17, 15) is 9.59 Å². The number of amides is 2. The van der Waals surface area contributed by atoms with Crippen LogP contribution in [0.4, 0.5) is 0 Å². The highest BCUT2D eigenvalue weighted by molar-refractivity contribution is 5.88. The molecule has 0 radical (unpaired) electrons. The van der Waals surface area contributed by atoms with Gasteiger partial charge in [0.2, 0.25) is 11.8 Å². The van der Waals surface area contributed by atoms with E-state index in [-0.39, 0.29) is 17.9 Å². The number of benzene rings is 3. The summed E-state index contributed by atoms with van der Waals surface area (Å²) in [4.78, 5) is 29.0. The van der Waals surface area contributed by atoms with E-state index in [1.54, 1.807) is 4.90 Å². The molecule has 3 rings (SSSR count). The molecule has 0 saturated heterocycles. The van der Waals surface area contributed by atoms with Crippen molar-refractivity contribution >= 4 is 11.8 Å². The van der Waals surface area contributed by atoms with Gasteiger partial charge in [-0.3, -0.25) is 9.59 Å². The van der Waals surface area contributed by atoms with Crippen molar-refractivity contribution in [3.63, 3.8) is 0 Å². The van der Waals surface area contributed by atoms with E-state index in [1.807, 2.05) is 69.3 Å². The van der Waals surface area contributed by atoms with Gasteiger partial charge in [-0.25, -0.2) is 0 Å². The van der Waals surface area contributed by atoms with Crippen LogP contribution >= 0.6 is 0 Å². The number of carbonyl (C=O) groups is 2. The van der Waals surface area contributed by atoms with Crippen LogP contribution in [0, 0.1) is 13.8 Å². The van der Waals surface area contributed by atoms with Crippen molar-refractivity contribution in [3.8, 4) is 0 Å². The molecule has 2 atom stereocenters. The molecule has 4 heteroatoms. The lowest BCUT2D eigenvalue weighted by molar-refractivity contribution is -0.141. The maximum Gasteiger partial charge on any atom is 0.243 e. The molecule has 0 heterocycles. The van der Waals surface area contributed by atoms with Crippen molar-refractivity contribution in [2.45, 2.75) is 72.0 Å². The van der Waals surface area contributed by atoms with Gasteiger partial charge in [0.05, 0.1) is 0 Å². The molecule has 0 unspecified atom stereocenters. The Labute approximate surface area is 210 Å². The molecule has 0 saturated carbocycles. The van der Waals surface area contributed by atoms with Crippen LogP contribution in [0.5, 0.6) is 0 Å². The minimum absolute atomic E-state index is 0.00712. The Morgan fingerprint density at radius 1 is 0.829 bits per heavy atom. The van der Waals surface area contributed by atoms with Crippen molar-refractivity contribution in [2.24, 2.45) is 0 Å². The van der Waals surface area contributed by atoms with Gasteiger partial charge in [0.1, 0.15) is 6.04 Å². The topological polar surface area (TPSA) is 49.4 Å². The Morgan fingerprint density at radius 3 is 2.17 bits per heavy atom. The smallest absolute Gasteiger partial charge is 0.243 e. The Morgan fingerprint density at radius 2 is 1.51 bits per heavy atom. The zero-order valence-corrected chi connectivity index (χ0v) is 21.5. The molecular formula is C31H38N2O2. The van der Waals surface area contributed by atoms with Crippen LogP contribution in [0.3, 0.4) is 0 Å². The van der Waals surface area contributed by atoms with E-state index >= 15 is 0 Å². The van der Waals surface area contributed by atoms with E-state index in [0.29, 0.717) is 25.8 Å². The average Bonchev–Trinajstić information content (AvgIpc) is 2.86. The van der Waals surface area contributed by atoms with Gasteiger partial charge in [0.15, 0.2) is 0 Å². The van der Waals surface area contributed by atoms with E-state index in [4.69, 9.17) is 0 Å². The summed E-state index contributed by atoms with van der Waals surface area (Å²) in [6.07, 6.45) is 2.32. The van der Waals surface area contributed by atoms with Gasteiger partial charge in [-0.2, -0.15) is 0 Å². The first kappa shape index (κ1) is 26.2. The van der Waals surface area contributed by atoms with Crippen LogP contribution in [0.25, 0.3) is 0 Å². The summed E-state index contributed by atoms with van der Waals surface area (Å²) in [5, 5.41) is 3.13. The first-order valence-electron chi connectivity index (χ1n) is 12.6. The zero-order valence-electron chi connectivity index (χ0n) is 21.5. The van der Waals surface area contributed by atoms with Gasteiger partial charge in [-0.05, 0) is 50.3 Å². The SMILES string of the molecule is CC[C@H](C)NC(=O)[C@H](Cc1ccccc1)N(Cc1cccc(C)c1)C(=O)CCc1ccc(C)cc1. The number of hydrogen-bond donors (Lipinski definition) is 1. The number of hydrogen-bond acceptors (Lipinski definition) is 2. The van der Waals surface area contributed by atoms with Crippen LogP contribution < -0.4 is 5.32 Å². The number of rotatable bonds is 11. The largest absolute Gasteiger partial charge is 0.352 e. The summed E-state index contributed by atoms with van der Waals surface area (Å²) in [5.74, 6) is -0.105. The first-order chi connectivity index (χ1) is 16.9. The second kappa shape index (κ2) is 12.9. The highest BCUT2D eigenvalue weighted by Gasteiger charge is 2.30. The Balaban J connectivity index is 1.90. The van der Waals surface area contributed by atoms with Crippen LogP contribution in [-0.2, 0) is 29.0 Å². The van der Waals surface area contributed by atoms with Crippen molar-refractivity contribution in [1.82, 2.24) is 10.2 Å². The second-order valence-corrected chi connectivity index (χ2v) is 9.52. The highest BCUT2D eigenvalue weighted by Crippen LogP contribution is 2.18. The monoisotopic (exact) mass is 470 g/mol. The Hall–Kier alpha value is -3.40. The molecule has 184 valence electrons. The number of aryl methyl sites for hydroxylation is 3. The van der Waals surface area contributed by atoms with Gasteiger partial charge >= 0.3 is 0 Å². The lowest BCUT2D eigenvalue weighted by Crippen LogP contribution is -2.52. The van der Waals surface area contributed by atoms with Crippen molar-refractivity contribution in [3.05, 3.63) is 107 Å². The average molecular weight is 471 g/mol. The lowest BCUT2D eigenvalue weighted by atomic mass is 10.0. The third-order valence-corrected chi connectivity index (χ3v) is 6.46. The molecule has 0 aliphatic heterocycles. The predicted molar refractivity (Wildman–Crippen MR) is 143 cm³/mol. The molecule has 2 amide bonds. The van der Waals surface area contributed by atoms with Crippen molar-refractivity contribution in [2.75, 3.05) is 0 Å². The molecule has 0 spiro atoms. The predicted octanol–water partition coefficient (Wildman–Crippen LogP) is 5.79. The fourth-order valence-corrected chi connectivity index (χ4v) is 4.15. The molecule has 0 aliphatic rings. The van der Waals surface area contributed by atoms with E-state index in [2.05, 4.69) is 42.6 Å². The quantitative estimate of drug-likeness (QED) is 0.386. The van der Waals surface area contributed by atoms with Crippen molar-refractivity contribution < 1.29 is 9.59 Å². The lowest BCUT2D eigenvalue weighted by Gasteiger charge is -2.32. The van der Waals surface area contributed by atoms with Crippen molar-refractivity contribution in [1.29, 1.82) is 0 Å². The molecule has 3 aromatic rings. The highest BCUT2D eigenvalue weighted by atomic mass is 16.2. The van der Waals surface area contributed by atoms with Gasteiger partial charge in [-0.1, -0.05) is 96.9 Å². The third kappa shape index (κ3) is 8.10. The Kier molecular flexibility index (Phi) is 9.66. The number of carbonyl (C=O) groups excluding carboxylic acids is 2. The van der Waals surface area contributed by atoms with E-state index < -0.39 is 6.04 Å². The van der Waals surface area contributed by atoms with Crippen LogP contribution in [0.2, 0.25) is 0 Å². The fraction of sp³-hybridized carbons (Fsp3) is 0.355. The summed E-state index contributed by atoms with van der Waals surface area (Å²) in [6, 6.07) is 25.9. The first-order valence-corrected chi connectivity index (χ1v) is 12.6. The number of nitrogens with zero attached hydrogens (tertiary/aromatic N) is 1. The van der Waals surface area contributed by atoms with Crippen LogP contribution in [0.15, 0.2) is 78.9 Å². The van der Waals surface area contributed by atoms with E-state index in [1.165, 1.54) is 5.56 Å². The standard InChI is InChI=1S/C31H38N2O2/c1-5-25(4)32-31(35)29(21-27-11-7-6-8-12-27)33(22-28-13-9-10-24(3)20-28)30(34)19-18-26-16-14-23(2)15-17-26/h6-17,20,25,29H,5,18-19,21-22H2,1-4H3,(H,32,35)/t25-,29-/m0/s1. The molecule has 3 aromatic carbocycles. The minimum Gasteiger partial charge on any atom is -0.352 e. The van der Waals surface area contributed by atoms with Crippen LogP contribution in [-0.4, -0.2) is 28.8 Å². The van der Waals surface area contributed by atoms with Gasteiger partial charge in [0, 0.05) is 25.4 Å². The fourth-order valence-electron chi connectivity index (χ4n) is 4.15. The summed E-state index contributed by atoms with van der Waals surface area (Å²) in [5.41, 5.74) is 5.53.